The summed E-state index contributed by atoms with van der Waals surface area (Å²) in [7, 11) is 0. The van der Waals surface area contributed by atoms with E-state index >= 15 is 0 Å². The van der Waals surface area contributed by atoms with Gasteiger partial charge in [0.15, 0.2) is 0 Å². The zero-order valence-electron chi connectivity index (χ0n) is 13.2. The molecule has 0 aromatic heterocycles. The number of nitrogens with zero attached hydrogens (tertiary/aromatic N) is 1. The quantitative estimate of drug-likeness (QED) is 0.685. The second-order valence-corrected chi connectivity index (χ2v) is 5.60. The lowest BCUT2D eigenvalue weighted by molar-refractivity contribution is -0.147. The fraction of sp³-hybridized carbons (Fsp3) is 0.333. The summed E-state index contributed by atoms with van der Waals surface area (Å²) in [5, 5.41) is 9.67. The van der Waals surface area contributed by atoms with E-state index in [0.29, 0.717) is 37.1 Å². The minimum absolute atomic E-state index is 0.113. The number of piperidine rings is 1. The highest BCUT2D eigenvalue weighted by molar-refractivity contribution is 5.92. The van der Waals surface area contributed by atoms with Gasteiger partial charge in [-0.15, -0.1) is 0 Å². The van der Waals surface area contributed by atoms with Crippen molar-refractivity contribution in [2.24, 2.45) is 0 Å². The van der Waals surface area contributed by atoms with Crippen LogP contribution in [0.5, 0.6) is 5.75 Å². The summed E-state index contributed by atoms with van der Waals surface area (Å²) in [5.74, 6) is -0.353. The highest BCUT2D eigenvalue weighted by Gasteiger charge is 2.24. The number of hydrogen-bond acceptors (Lipinski definition) is 4. The third-order valence-electron chi connectivity index (χ3n) is 3.72. The van der Waals surface area contributed by atoms with E-state index in [1.54, 1.807) is 42.2 Å². The van der Waals surface area contributed by atoms with Gasteiger partial charge in [-0.3, -0.25) is 4.79 Å². The van der Waals surface area contributed by atoms with E-state index in [4.69, 9.17) is 4.74 Å². The molecule has 1 N–H and O–H groups in total. The van der Waals surface area contributed by atoms with Gasteiger partial charge in [0, 0.05) is 43.1 Å². The minimum atomic E-state index is -0.380. The first-order valence-corrected chi connectivity index (χ1v) is 7.59. The molecule has 0 saturated carbocycles. The van der Waals surface area contributed by atoms with Gasteiger partial charge in [-0.2, -0.15) is 0 Å². The Kier molecular flexibility index (Phi) is 5.57. The number of para-hydroxylation sites is 1. The van der Waals surface area contributed by atoms with Crippen molar-refractivity contribution in [2.45, 2.75) is 25.9 Å². The molecule has 0 spiro atoms. The molecule has 1 fully saturated rings. The summed E-state index contributed by atoms with van der Waals surface area (Å²) in [6.07, 6.45) is 4.13. The lowest BCUT2D eigenvalue weighted by Crippen LogP contribution is -2.40. The summed E-state index contributed by atoms with van der Waals surface area (Å²) in [6.45, 7) is 6.25. The molecule has 0 radical (unpaired) electrons. The molecule has 0 unspecified atom stereocenters. The summed E-state index contributed by atoms with van der Waals surface area (Å²) in [4.78, 5) is 25.3. The SMILES string of the molecule is C=C(C)C(=O)OC1CCN(C(=O)/C=C/c2ccccc2O)CC1. The number of esters is 1. The van der Waals surface area contributed by atoms with E-state index in [0.717, 1.165) is 0 Å². The van der Waals surface area contributed by atoms with E-state index in [1.165, 1.54) is 6.08 Å². The molecule has 5 heteroatoms. The van der Waals surface area contributed by atoms with Gasteiger partial charge < -0.3 is 14.7 Å². The van der Waals surface area contributed by atoms with Crippen LogP contribution in [0.2, 0.25) is 0 Å². The molecule has 1 aliphatic heterocycles. The van der Waals surface area contributed by atoms with Gasteiger partial charge in [0.05, 0.1) is 0 Å². The smallest absolute Gasteiger partial charge is 0.333 e. The van der Waals surface area contributed by atoms with E-state index in [9.17, 15) is 14.7 Å². The number of hydrogen-bond donors (Lipinski definition) is 1. The summed E-state index contributed by atoms with van der Waals surface area (Å²) in [6, 6.07) is 6.84. The van der Waals surface area contributed by atoms with E-state index in [2.05, 4.69) is 6.58 Å². The first kappa shape index (κ1) is 16.8. The molecule has 122 valence electrons. The monoisotopic (exact) mass is 315 g/mol. The van der Waals surface area contributed by atoms with Gasteiger partial charge in [0.25, 0.3) is 0 Å². The Labute approximate surface area is 135 Å². The molecule has 0 aliphatic carbocycles. The molecule has 1 aromatic carbocycles. The number of carbonyl (C=O) groups is 2. The molecule has 1 aliphatic rings. The van der Waals surface area contributed by atoms with Crippen molar-refractivity contribution in [2.75, 3.05) is 13.1 Å². The van der Waals surface area contributed by atoms with Crippen molar-refractivity contribution in [3.05, 3.63) is 48.1 Å². The number of likely N-dealkylation sites (tertiary alicyclic amines) is 1. The minimum Gasteiger partial charge on any atom is -0.507 e. The molecule has 2 rings (SSSR count). The Hall–Kier alpha value is -2.56. The van der Waals surface area contributed by atoms with Gasteiger partial charge in [-0.05, 0) is 19.1 Å². The first-order chi connectivity index (χ1) is 11.0. The van der Waals surface area contributed by atoms with Crippen LogP contribution in [-0.4, -0.2) is 41.1 Å². The van der Waals surface area contributed by atoms with Gasteiger partial charge >= 0.3 is 5.97 Å². The van der Waals surface area contributed by atoms with Gasteiger partial charge in [0.1, 0.15) is 11.9 Å². The average molecular weight is 315 g/mol. The number of aromatic hydroxyl groups is 1. The third-order valence-corrected chi connectivity index (χ3v) is 3.72. The molecular weight excluding hydrogens is 294 g/mol. The molecule has 23 heavy (non-hydrogen) atoms. The van der Waals surface area contributed by atoms with Crippen molar-refractivity contribution in [3.8, 4) is 5.75 Å². The topological polar surface area (TPSA) is 66.8 Å². The number of ether oxygens (including phenoxy) is 1. The lowest BCUT2D eigenvalue weighted by Gasteiger charge is -2.31. The van der Waals surface area contributed by atoms with Crippen LogP contribution >= 0.6 is 0 Å². The molecule has 0 bridgehead atoms. The zero-order chi connectivity index (χ0) is 16.8. The Balaban J connectivity index is 1.85. The van der Waals surface area contributed by atoms with Crippen molar-refractivity contribution >= 4 is 18.0 Å². The third kappa shape index (κ3) is 4.71. The van der Waals surface area contributed by atoms with Crippen molar-refractivity contribution in [3.63, 3.8) is 0 Å². The summed E-state index contributed by atoms with van der Waals surface area (Å²) >= 11 is 0. The molecule has 5 nitrogen and oxygen atoms in total. The van der Waals surface area contributed by atoms with Crippen LogP contribution < -0.4 is 0 Å². The number of rotatable bonds is 4. The second kappa shape index (κ2) is 7.63. The summed E-state index contributed by atoms with van der Waals surface area (Å²) < 4.78 is 5.30. The van der Waals surface area contributed by atoms with E-state index in [1.807, 2.05) is 0 Å². The molecule has 1 amide bonds. The average Bonchev–Trinajstić information content (AvgIpc) is 2.54. The fourth-order valence-electron chi connectivity index (χ4n) is 2.34. The normalized spacial score (nSPS) is 15.6. The van der Waals surface area contributed by atoms with Gasteiger partial charge in [0.2, 0.25) is 5.91 Å². The van der Waals surface area contributed by atoms with Crippen molar-refractivity contribution in [1.82, 2.24) is 4.90 Å². The Morgan fingerprint density at radius 2 is 1.96 bits per heavy atom. The number of phenolic OH excluding ortho intramolecular Hbond substituents is 1. The molecule has 1 aromatic rings. The van der Waals surface area contributed by atoms with Gasteiger partial charge in [-0.1, -0.05) is 24.8 Å². The van der Waals surface area contributed by atoms with Crippen LogP contribution in [0.15, 0.2) is 42.5 Å². The first-order valence-electron chi connectivity index (χ1n) is 7.59. The Morgan fingerprint density at radius 3 is 2.57 bits per heavy atom. The standard InChI is InChI=1S/C18H21NO4/c1-13(2)18(22)23-15-9-11-19(12-10-15)17(21)8-7-14-5-3-4-6-16(14)20/h3-8,15,20H,1,9-12H2,2H3/b8-7+. The maximum atomic E-state index is 12.2. The number of carbonyl (C=O) groups excluding carboxylic acids is 2. The number of amides is 1. The molecule has 0 atom stereocenters. The van der Waals surface area contributed by atoms with Crippen LogP contribution in [0.3, 0.4) is 0 Å². The fourth-order valence-corrected chi connectivity index (χ4v) is 2.34. The van der Waals surface area contributed by atoms with Crippen LogP contribution in [0, 0.1) is 0 Å². The van der Waals surface area contributed by atoms with Gasteiger partial charge in [-0.25, -0.2) is 4.79 Å². The van der Waals surface area contributed by atoms with Crippen LogP contribution in [-0.2, 0) is 14.3 Å². The molecular formula is C18H21NO4. The molecule has 1 heterocycles. The highest BCUT2D eigenvalue weighted by Crippen LogP contribution is 2.18. The van der Waals surface area contributed by atoms with E-state index in [-0.39, 0.29) is 23.7 Å². The van der Waals surface area contributed by atoms with Crippen molar-refractivity contribution < 1.29 is 19.4 Å². The van der Waals surface area contributed by atoms with Crippen LogP contribution in [0.25, 0.3) is 6.08 Å². The number of phenols is 1. The number of benzene rings is 1. The Bertz CT molecular complexity index is 628. The predicted octanol–water partition coefficient (Wildman–Crippen LogP) is 2.52. The highest BCUT2D eigenvalue weighted by atomic mass is 16.5. The van der Waals surface area contributed by atoms with Crippen LogP contribution in [0.1, 0.15) is 25.3 Å². The maximum Gasteiger partial charge on any atom is 0.333 e. The second-order valence-electron chi connectivity index (χ2n) is 5.60. The van der Waals surface area contributed by atoms with E-state index < -0.39 is 0 Å². The van der Waals surface area contributed by atoms with Crippen molar-refractivity contribution in [1.29, 1.82) is 0 Å². The zero-order valence-corrected chi connectivity index (χ0v) is 13.2. The predicted molar refractivity (Wildman–Crippen MR) is 87.6 cm³/mol. The van der Waals surface area contributed by atoms with Crippen LogP contribution in [0.4, 0.5) is 0 Å². The lowest BCUT2D eigenvalue weighted by atomic mass is 10.1. The summed E-state index contributed by atoms with van der Waals surface area (Å²) in [5.41, 5.74) is 0.986. The maximum absolute atomic E-state index is 12.2. The largest absolute Gasteiger partial charge is 0.507 e. The molecule has 1 saturated heterocycles. The Morgan fingerprint density at radius 1 is 1.30 bits per heavy atom.